The van der Waals surface area contributed by atoms with Crippen LogP contribution in [-0.2, 0) is 0 Å². The van der Waals surface area contributed by atoms with Crippen molar-refractivity contribution in [3.05, 3.63) is 52.3 Å². The van der Waals surface area contributed by atoms with Gasteiger partial charge in [-0.05, 0) is 30.3 Å². The van der Waals surface area contributed by atoms with Crippen molar-refractivity contribution in [2.24, 2.45) is 0 Å². The van der Waals surface area contributed by atoms with E-state index in [4.69, 9.17) is 9.68 Å². The van der Waals surface area contributed by atoms with E-state index < -0.39 is 0 Å². The van der Waals surface area contributed by atoms with Crippen LogP contribution in [0.3, 0.4) is 0 Å². The van der Waals surface area contributed by atoms with Gasteiger partial charge in [0.25, 0.3) is 0 Å². The van der Waals surface area contributed by atoms with E-state index in [9.17, 15) is 4.79 Å². The summed E-state index contributed by atoms with van der Waals surface area (Å²) in [6, 6.07) is 10.1. The van der Waals surface area contributed by atoms with E-state index in [1.54, 1.807) is 30.5 Å². The average Bonchev–Trinajstić information content (AvgIpc) is 2.39. The standard InChI is InChI=1S/C13H6N2O2/c14-7-8-3-4-11-10(6-8)12(16)9-2-1-5-15-13(9)17-11/h1-6H. The van der Waals surface area contributed by atoms with Crippen molar-refractivity contribution in [1.29, 1.82) is 5.26 Å². The molecule has 0 unspecified atom stereocenters. The van der Waals surface area contributed by atoms with Gasteiger partial charge >= 0.3 is 0 Å². The van der Waals surface area contributed by atoms with Crippen LogP contribution in [-0.4, -0.2) is 4.98 Å². The number of fused-ring (bicyclic) bond motifs is 2. The number of nitrogens with zero attached hydrogens (tertiary/aromatic N) is 2. The SMILES string of the molecule is N#Cc1ccc2oc3ncccc3c(=O)c2c1. The van der Waals surface area contributed by atoms with Crippen molar-refractivity contribution >= 4 is 22.1 Å². The zero-order valence-corrected chi connectivity index (χ0v) is 8.68. The Morgan fingerprint density at radius 1 is 1.24 bits per heavy atom. The summed E-state index contributed by atoms with van der Waals surface area (Å²) in [7, 11) is 0. The fourth-order valence-corrected chi connectivity index (χ4v) is 1.76. The first-order chi connectivity index (χ1) is 8.29. The minimum atomic E-state index is -0.161. The summed E-state index contributed by atoms with van der Waals surface area (Å²) < 4.78 is 5.51. The van der Waals surface area contributed by atoms with Crippen LogP contribution in [0.2, 0.25) is 0 Å². The summed E-state index contributed by atoms with van der Waals surface area (Å²) >= 11 is 0. The van der Waals surface area contributed by atoms with Crippen molar-refractivity contribution < 1.29 is 4.42 Å². The Labute approximate surface area is 95.7 Å². The number of benzene rings is 1. The van der Waals surface area contributed by atoms with E-state index in [1.165, 1.54) is 6.07 Å². The summed E-state index contributed by atoms with van der Waals surface area (Å²) in [5.41, 5.74) is 1.04. The van der Waals surface area contributed by atoms with Crippen LogP contribution < -0.4 is 5.43 Å². The zero-order valence-electron chi connectivity index (χ0n) is 8.68. The zero-order chi connectivity index (χ0) is 11.8. The molecule has 0 saturated heterocycles. The van der Waals surface area contributed by atoms with Gasteiger partial charge in [0.2, 0.25) is 11.1 Å². The number of nitriles is 1. The van der Waals surface area contributed by atoms with Gasteiger partial charge in [0, 0.05) is 6.20 Å². The maximum absolute atomic E-state index is 12.1. The van der Waals surface area contributed by atoms with Crippen molar-refractivity contribution in [1.82, 2.24) is 4.98 Å². The molecule has 4 nitrogen and oxygen atoms in total. The monoisotopic (exact) mass is 222 g/mol. The molecule has 0 bridgehead atoms. The van der Waals surface area contributed by atoms with E-state index in [2.05, 4.69) is 4.98 Å². The highest BCUT2D eigenvalue weighted by atomic mass is 16.3. The Bertz CT molecular complexity index is 828. The summed E-state index contributed by atoms with van der Waals surface area (Å²) in [6.45, 7) is 0. The summed E-state index contributed by atoms with van der Waals surface area (Å²) in [6.07, 6.45) is 1.57. The van der Waals surface area contributed by atoms with Gasteiger partial charge < -0.3 is 4.42 Å². The molecule has 4 heteroatoms. The predicted octanol–water partition coefficient (Wildman–Crippen LogP) is 2.21. The Balaban J connectivity index is 2.57. The molecule has 2 aromatic heterocycles. The van der Waals surface area contributed by atoms with Crippen LogP contribution in [0.4, 0.5) is 0 Å². The number of rotatable bonds is 0. The smallest absolute Gasteiger partial charge is 0.230 e. The summed E-state index contributed by atoms with van der Waals surface area (Å²) in [5.74, 6) is 0. The molecule has 80 valence electrons. The van der Waals surface area contributed by atoms with Crippen molar-refractivity contribution in [3.8, 4) is 6.07 Å². The van der Waals surface area contributed by atoms with Gasteiger partial charge in [-0.25, -0.2) is 4.98 Å². The molecule has 1 aromatic carbocycles. The maximum atomic E-state index is 12.1. The molecule has 0 aliphatic rings. The van der Waals surface area contributed by atoms with E-state index in [0.717, 1.165) is 0 Å². The molecule has 17 heavy (non-hydrogen) atoms. The van der Waals surface area contributed by atoms with Crippen LogP contribution in [0.15, 0.2) is 45.7 Å². The fraction of sp³-hybridized carbons (Fsp3) is 0. The number of aromatic nitrogens is 1. The van der Waals surface area contributed by atoms with Gasteiger partial charge in [-0.3, -0.25) is 4.79 Å². The van der Waals surface area contributed by atoms with Crippen LogP contribution in [0.5, 0.6) is 0 Å². The van der Waals surface area contributed by atoms with Crippen molar-refractivity contribution in [2.45, 2.75) is 0 Å². The van der Waals surface area contributed by atoms with E-state index in [1.807, 2.05) is 6.07 Å². The van der Waals surface area contributed by atoms with Crippen molar-refractivity contribution in [3.63, 3.8) is 0 Å². The van der Waals surface area contributed by atoms with Gasteiger partial charge in [-0.1, -0.05) is 0 Å². The Morgan fingerprint density at radius 2 is 2.12 bits per heavy atom. The fourth-order valence-electron chi connectivity index (χ4n) is 1.76. The molecule has 3 aromatic rings. The largest absolute Gasteiger partial charge is 0.437 e. The average molecular weight is 222 g/mol. The molecule has 0 atom stereocenters. The maximum Gasteiger partial charge on any atom is 0.230 e. The molecule has 0 saturated carbocycles. The molecule has 0 spiro atoms. The third-order valence-electron chi connectivity index (χ3n) is 2.58. The topological polar surface area (TPSA) is 66.9 Å². The number of hydrogen-bond donors (Lipinski definition) is 0. The quantitative estimate of drug-likeness (QED) is 0.547. The Morgan fingerprint density at radius 3 is 2.94 bits per heavy atom. The number of hydrogen-bond acceptors (Lipinski definition) is 4. The molecule has 0 aliphatic carbocycles. The molecule has 0 radical (unpaired) electrons. The second kappa shape index (κ2) is 3.42. The number of pyridine rings is 1. The van der Waals surface area contributed by atoms with E-state index in [0.29, 0.717) is 27.6 Å². The predicted molar refractivity (Wildman–Crippen MR) is 62.5 cm³/mol. The molecular weight excluding hydrogens is 216 g/mol. The lowest BCUT2D eigenvalue weighted by molar-refractivity contribution is 0.645. The minimum absolute atomic E-state index is 0.161. The van der Waals surface area contributed by atoms with Gasteiger partial charge in [0.1, 0.15) is 5.58 Å². The van der Waals surface area contributed by atoms with Crippen LogP contribution in [0, 0.1) is 11.3 Å². The van der Waals surface area contributed by atoms with Crippen molar-refractivity contribution in [2.75, 3.05) is 0 Å². The third kappa shape index (κ3) is 1.37. The first-order valence-corrected chi connectivity index (χ1v) is 5.01. The Kier molecular flexibility index (Phi) is 1.92. The molecule has 0 fully saturated rings. The summed E-state index contributed by atoms with van der Waals surface area (Å²) in [4.78, 5) is 16.1. The van der Waals surface area contributed by atoms with E-state index >= 15 is 0 Å². The van der Waals surface area contributed by atoms with Crippen LogP contribution in [0.25, 0.3) is 22.1 Å². The Hall–Kier alpha value is -2.67. The molecular formula is C13H6N2O2. The van der Waals surface area contributed by atoms with E-state index in [-0.39, 0.29) is 5.43 Å². The third-order valence-corrected chi connectivity index (χ3v) is 2.58. The molecule has 0 aliphatic heterocycles. The molecule has 2 heterocycles. The molecule has 3 rings (SSSR count). The van der Waals surface area contributed by atoms with Gasteiger partial charge in [0.05, 0.1) is 22.4 Å². The van der Waals surface area contributed by atoms with Crippen LogP contribution >= 0.6 is 0 Å². The highest BCUT2D eigenvalue weighted by molar-refractivity contribution is 5.88. The molecule has 0 amide bonds. The summed E-state index contributed by atoms with van der Waals surface area (Å²) in [5, 5.41) is 9.64. The lowest BCUT2D eigenvalue weighted by Gasteiger charge is -1.99. The first kappa shape index (κ1) is 9.55. The minimum Gasteiger partial charge on any atom is -0.437 e. The lowest BCUT2D eigenvalue weighted by Crippen LogP contribution is -2.02. The highest BCUT2D eigenvalue weighted by Gasteiger charge is 2.08. The highest BCUT2D eigenvalue weighted by Crippen LogP contribution is 2.17. The van der Waals surface area contributed by atoms with Gasteiger partial charge in [-0.15, -0.1) is 0 Å². The van der Waals surface area contributed by atoms with Crippen LogP contribution in [0.1, 0.15) is 5.56 Å². The second-order valence-corrected chi connectivity index (χ2v) is 3.61. The lowest BCUT2D eigenvalue weighted by atomic mass is 10.1. The van der Waals surface area contributed by atoms with Gasteiger partial charge in [0.15, 0.2) is 0 Å². The van der Waals surface area contributed by atoms with Gasteiger partial charge in [-0.2, -0.15) is 5.26 Å². The second-order valence-electron chi connectivity index (χ2n) is 3.61. The first-order valence-electron chi connectivity index (χ1n) is 5.01. The molecule has 0 N–H and O–H groups in total. The normalized spacial score (nSPS) is 10.5.